The minimum absolute atomic E-state index is 0.0592. The number of carbonyl (C=O) groups is 1. The van der Waals surface area contributed by atoms with Crippen LogP contribution < -0.4 is 10.6 Å². The van der Waals surface area contributed by atoms with E-state index in [9.17, 15) is 9.18 Å². The molecule has 2 rings (SSSR count). The molecule has 0 aromatic heterocycles. The highest BCUT2D eigenvalue weighted by molar-refractivity contribution is 5.68. The highest BCUT2D eigenvalue weighted by atomic mass is 19.1. The Morgan fingerprint density at radius 1 is 1.26 bits per heavy atom. The Labute approximate surface area is 137 Å². The molecule has 5 heteroatoms. The van der Waals surface area contributed by atoms with Gasteiger partial charge in [0.05, 0.1) is 5.69 Å². The molecule has 1 aliphatic rings. The number of aryl methyl sites for hydroxylation is 1. The monoisotopic (exact) mass is 322 g/mol. The third kappa shape index (κ3) is 5.73. The number of hydrogen-bond acceptors (Lipinski definition) is 3. The number of nitrogens with one attached hydrogen (secondary N) is 2. The maximum absolute atomic E-state index is 13.9. The van der Waals surface area contributed by atoms with Crippen LogP contribution in [0.15, 0.2) is 18.2 Å². The summed E-state index contributed by atoms with van der Waals surface area (Å²) in [6.07, 6.45) is 3.27. The van der Waals surface area contributed by atoms with E-state index in [0.717, 1.165) is 31.2 Å². The van der Waals surface area contributed by atoms with Crippen molar-refractivity contribution >= 4 is 11.8 Å². The molecule has 0 aliphatic heterocycles. The largest absolute Gasteiger partial charge is 0.444 e. The first-order valence-corrected chi connectivity index (χ1v) is 8.25. The second-order valence-corrected chi connectivity index (χ2v) is 7.33. The van der Waals surface area contributed by atoms with Crippen LogP contribution >= 0.6 is 0 Å². The van der Waals surface area contributed by atoms with Crippen LogP contribution in [-0.4, -0.2) is 23.8 Å². The summed E-state index contributed by atoms with van der Waals surface area (Å²) in [5.74, 6) is -0.238. The predicted octanol–water partition coefficient (Wildman–Crippen LogP) is 4.38. The fourth-order valence-electron chi connectivity index (χ4n) is 2.90. The van der Waals surface area contributed by atoms with Gasteiger partial charge in [-0.25, -0.2) is 9.18 Å². The van der Waals surface area contributed by atoms with Crippen molar-refractivity contribution in [1.29, 1.82) is 0 Å². The molecule has 4 nitrogen and oxygen atoms in total. The number of halogens is 1. The topological polar surface area (TPSA) is 50.4 Å². The summed E-state index contributed by atoms with van der Waals surface area (Å²) in [6.45, 7) is 7.48. The van der Waals surface area contributed by atoms with Crippen LogP contribution in [0, 0.1) is 12.7 Å². The molecule has 2 unspecified atom stereocenters. The molecule has 0 bridgehead atoms. The van der Waals surface area contributed by atoms with Crippen molar-refractivity contribution < 1.29 is 13.9 Å². The second kappa shape index (κ2) is 7.20. The van der Waals surface area contributed by atoms with Crippen molar-refractivity contribution in [2.75, 3.05) is 5.32 Å². The number of hydrogen-bond donors (Lipinski definition) is 2. The van der Waals surface area contributed by atoms with Gasteiger partial charge in [-0.05, 0) is 71.1 Å². The van der Waals surface area contributed by atoms with Crippen LogP contribution in [0.5, 0.6) is 0 Å². The lowest BCUT2D eigenvalue weighted by Gasteiger charge is -2.31. The zero-order chi connectivity index (χ0) is 17.0. The average molecular weight is 322 g/mol. The van der Waals surface area contributed by atoms with E-state index in [-0.39, 0.29) is 24.0 Å². The quantitative estimate of drug-likeness (QED) is 0.868. The molecule has 1 aliphatic carbocycles. The molecule has 0 saturated heterocycles. The lowest BCUT2D eigenvalue weighted by molar-refractivity contribution is 0.0492. The molecule has 0 heterocycles. The standard InChI is InChI=1S/C18H27FN2O2/c1-12-8-9-15(19)16(10-12)20-13-6-5-7-14(11-13)21-17(22)23-18(2,3)4/h8-10,13-14,20H,5-7,11H2,1-4H3,(H,21,22). The van der Waals surface area contributed by atoms with E-state index < -0.39 is 5.60 Å². The van der Waals surface area contributed by atoms with Crippen molar-refractivity contribution in [3.63, 3.8) is 0 Å². The molecular formula is C18H27FN2O2. The molecule has 1 fully saturated rings. The zero-order valence-electron chi connectivity index (χ0n) is 14.4. The number of benzene rings is 1. The van der Waals surface area contributed by atoms with Crippen molar-refractivity contribution in [3.8, 4) is 0 Å². The molecule has 2 atom stereocenters. The molecule has 1 aromatic rings. The van der Waals surface area contributed by atoms with Crippen LogP contribution in [0.4, 0.5) is 14.9 Å². The Morgan fingerprint density at radius 3 is 2.65 bits per heavy atom. The van der Waals surface area contributed by atoms with Gasteiger partial charge in [0.15, 0.2) is 0 Å². The van der Waals surface area contributed by atoms with Gasteiger partial charge in [-0.15, -0.1) is 0 Å². The molecule has 0 spiro atoms. The average Bonchev–Trinajstić information content (AvgIpc) is 2.41. The lowest BCUT2D eigenvalue weighted by atomic mass is 9.91. The van der Waals surface area contributed by atoms with Gasteiger partial charge in [0.25, 0.3) is 0 Å². The number of amides is 1. The van der Waals surface area contributed by atoms with E-state index in [4.69, 9.17) is 4.74 Å². The summed E-state index contributed by atoms with van der Waals surface area (Å²) in [6, 6.07) is 5.27. The molecule has 128 valence electrons. The lowest BCUT2D eigenvalue weighted by Crippen LogP contribution is -2.43. The minimum atomic E-state index is -0.499. The number of carbonyl (C=O) groups excluding carboxylic acids is 1. The SMILES string of the molecule is Cc1ccc(F)c(NC2CCCC(NC(=O)OC(C)(C)C)C2)c1. The molecule has 2 N–H and O–H groups in total. The number of rotatable bonds is 3. The zero-order valence-corrected chi connectivity index (χ0v) is 14.4. The van der Waals surface area contributed by atoms with E-state index in [1.54, 1.807) is 6.07 Å². The summed E-state index contributed by atoms with van der Waals surface area (Å²) in [7, 11) is 0. The van der Waals surface area contributed by atoms with Crippen molar-refractivity contribution in [2.45, 2.75) is 71.1 Å². The summed E-state index contributed by atoms with van der Waals surface area (Å²) in [4.78, 5) is 11.9. The molecule has 0 radical (unpaired) electrons. The maximum atomic E-state index is 13.9. The van der Waals surface area contributed by atoms with Gasteiger partial charge in [0.1, 0.15) is 11.4 Å². The summed E-state index contributed by atoms with van der Waals surface area (Å²) in [5, 5.41) is 6.20. The smallest absolute Gasteiger partial charge is 0.407 e. The van der Waals surface area contributed by atoms with Gasteiger partial charge in [-0.1, -0.05) is 6.07 Å². The molecule has 1 saturated carbocycles. The van der Waals surface area contributed by atoms with E-state index in [1.807, 2.05) is 33.8 Å². The third-order valence-corrected chi connectivity index (χ3v) is 3.88. The number of ether oxygens (including phenoxy) is 1. The van der Waals surface area contributed by atoms with Gasteiger partial charge in [-0.3, -0.25) is 0 Å². The summed E-state index contributed by atoms with van der Waals surface area (Å²) >= 11 is 0. The van der Waals surface area contributed by atoms with E-state index in [2.05, 4.69) is 10.6 Å². The number of anilines is 1. The van der Waals surface area contributed by atoms with Crippen LogP contribution in [0.25, 0.3) is 0 Å². The van der Waals surface area contributed by atoms with Crippen LogP contribution in [0.1, 0.15) is 52.0 Å². The van der Waals surface area contributed by atoms with Gasteiger partial charge in [0.2, 0.25) is 0 Å². The van der Waals surface area contributed by atoms with Gasteiger partial charge in [-0.2, -0.15) is 0 Å². The maximum Gasteiger partial charge on any atom is 0.407 e. The Morgan fingerprint density at radius 2 is 1.96 bits per heavy atom. The second-order valence-electron chi connectivity index (χ2n) is 7.33. The summed E-state index contributed by atoms with van der Waals surface area (Å²) in [5.41, 5.74) is 1.06. The Kier molecular flexibility index (Phi) is 5.50. The molecule has 23 heavy (non-hydrogen) atoms. The summed E-state index contributed by atoms with van der Waals surface area (Å²) < 4.78 is 19.2. The van der Waals surface area contributed by atoms with Crippen molar-refractivity contribution in [2.24, 2.45) is 0 Å². The van der Waals surface area contributed by atoms with Gasteiger partial charge >= 0.3 is 6.09 Å². The number of alkyl carbamates (subject to hydrolysis) is 1. The van der Waals surface area contributed by atoms with Crippen LogP contribution in [0.3, 0.4) is 0 Å². The fraction of sp³-hybridized carbons (Fsp3) is 0.611. The first-order valence-electron chi connectivity index (χ1n) is 8.25. The first kappa shape index (κ1) is 17.6. The highest BCUT2D eigenvalue weighted by Crippen LogP contribution is 2.24. The van der Waals surface area contributed by atoms with Crippen LogP contribution in [0.2, 0.25) is 0 Å². The van der Waals surface area contributed by atoms with E-state index in [0.29, 0.717) is 5.69 Å². The van der Waals surface area contributed by atoms with Gasteiger partial charge in [0, 0.05) is 12.1 Å². The van der Waals surface area contributed by atoms with E-state index in [1.165, 1.54) is 6.07 Å². The molecular weight excluding hydrogens is 295 g/mol. The highest BCUT2D eigenvalue weighted by Gasteiger charge is 2.25. The third-order valence-electron chi connectivity index (χ3n) is 3.88. The minimum Gasteiger partial charge on any atom is -0.444 e. The fourth-order valence-corrected chi connectivity index (χ4v) is 2.90. The normalized spacial score (nSPS) is 21.6. The predicted molar refractivity (Wildman–Crippen MR) is 90.2 cm³/mol. The van der Waals surface area contributed by atoms with Gasteiger partial charge < -0.3 is 15.4 Å². The Hall–Kier alpha value is -1.78. The van der Waals surface area contributed by atoms with Crippen LogP contribution in [-0.2, 0) is 4.74 Å². The Bertz CT molecular complexity index is 554. The molecule has 1 aromatic carbocycles. The first-order chi connectivity index (χ1) is 10.7. The molecule has 1 amide bonds. The Balaban J connectivity index is 1.90. The van der Waals surface area contributed by atoms with Crippen molar-refractivity contribution in [3.05, 3.63) is 29.6 Å². The van der Waals surface area contributed by atoms with Crippen molar-refractivity contribution in [1.82, 2.24) is 5.32 Å². The van der Waals surface area contributed by atoms with E-state index >= 15 is 0 Å².